The van der Waals surface area contributed by atoms with Crippen LogP contribution in [-0.2, 0) is 30.7 Å². The van der Waals surface area contributed by atoms with Crippen molar-refractivity contribution < 1.29 is 19.0 Å². The van der Waals surface area contributed by atoms with Crippen LogP contribution in [0.15, 0.2) is 46.7 Å². The van der Waals surface area contributed by atoms with E-state index in [0.717, 1.165) is 5.56 Å². The van der Waals surface area contributed by atoms with Gasteiger partial charge in [0.15, 0.2) is 22.4 Å². The van der Waals surface area contributed by atoms with Crippen LogP contribution in [0.1, 0.15) is 11.3 Å². The molecular weight excluding hydrogens is 422 g/mol. The van der Waals surface area contributed by atoms with E-state index < -0.39 is 0 Å². The average Bonchev–Trinajstić information content (AvgIpc) is 3.40. The van der Waals surface area contributed by atoms with Crippen LogP contribution < -0.4 is 25.0 Å². The molecule has 162 valence electrons. The quantitative estimate of drug-likeness (QED) is 0.519. The Labute approximate surface area is 182 Å². The minimum atomic E-state index is -0.243. The lowest BCUT2D eigenvalue weighted by Crippen LogP contribution is -2.28. The van der Waals surface area contributed by atoms with Crippen LogP contribution in [-0.4, -0.2) is 39.1 Å². The van der Waals surface area contributed by atoms with E-state index >= 15 is 0 Å². The number of methoxy groups -OCH3 is 1. The summed E-state index contributed by atoms with van der Waals surface area (Å²) in [5.41, 5.74) is 1.33. The Balaban J connectivity index is 1.44. The van der Waals surface area contributed by atoms with E-state index in [1.165, 1.54) is 24.9 Å². The summed E-state index contributed by atoms with van der Waals surface area (Å²) in [7, 11) is 3.27. The number of carbonyl (C=O) groups is 1. The lowest BCUT2D eigenvalue weighted by atomic mass is 10.2. The molecule has 1 aliphatic rings. The first-order chi connectivity index (χ1) is 15.0. The van der Waals surface area contributed by atoms with Gasteiger partial charge in [0.05, 0.1) is 13.3 Å². The lowest BCUT2D eigenvalue weighted by Gasteiger charge is -2.15. The Hall–Kier alpha value is -3.47. The largest absolute Gasteiger partial charge is 0.491 e. The van der Waals surface area contributed by atoms with Crippen molar-refractivity contribution in [3.8, 4) is 17.2 Å². The molecule has 0 radical (unpaired) electrons. The van der Waals surface area contributed by atoms with Gasteiger partial charge in [-0.1, -0.05) is 17.8 Å². The summed E-state index contributed by atoms with van der Waals surface area (Å²) in [6, 6.07) is 7.01. The number of fused-ring (bicyclic) bond motifs is 1. The van der Waals surface area contributed by atoms with Gasteiger partial charge in [-0.3, -0.25) is 9.59 Å². The predicted octanol–water partition coefficient (Wildman–Crippen LogP) is 1.32. The fraction of sp³-hybridized carbons (Fsp3) is 0.300. The third-order valence-corrected chi connectivity index (χ3v) is 5.73. The molecule has 1 N–H and O–H groups in total. The number of amides is 1. The van der Waals surface area contributed by atoms with Gasteiger partial charge in [0, 0.05) is 31.1 Å². The van der Waals surface area contributed by atoms with Gasteiger partial charge in [-0.25, -0.2) is 0 Å². The number of nitrogens with zero attached hydrogens (tertiary/aromatic N) is 4. The number of nitrogens with one attached hydrogen (secondary N) is 1. The normalized spacial score (nSPS) is 12.1. The first-order valence-corrected chi connectivity index (χ1v) is 10.4. The zero-order valence-corrected chi connectivity index (χ0v) is 17.8. The molecule has 4 rings (SSSR count). The molecule has 0 atom stereocenters. The maximum atomic E-state index is 12.6. The molecular formula is C20H21N5O5S. The van der Waals surface area contributed by atoms with Crippen LogP contribution in [0.2, 0.25) is 0 Å². The summed E-state index contributed by atoms with van der Waals surface area (Å²) in [6.07, 6.45) is 3.15. The molecule has 2 aromatic heterocycles. The minimum Gasteiger partial charge on any atom is -0.491 e. The van der Waals surface area contributed by atoms with Crippen LogP contribution in [0.4, 0.5) is 0 Å². The number of carbonyl (C=O) groups excluding carboxylic acids is 1. The standard InChI is InChI=1S/C20H21N5O5S/c1-24-11-22-23-20(24)31-10-14-6-15(26)18(28-2)8-25(14)9-19(27)21-7-13-3-4-16-17(5-13)30-12-29-16/h3-6,8,11H,7,9-10,12H2,1-2H3,(H,21,27). The highest BCUT2D eigenvalue weighted by Gasteiger charge is 2.15. The van der Waals surface area contributed by atoms with Crippen molar-refractivity contribution in [1.82, 2.24) is 24.6 Å². The first kappa shape index (κ1) is 20.8. The van der Waals surface area contributed by atoms with E-state index in [1.807, 2.05) is 25.2 Å². The Morgan fingerprint density at radius 3 is 2.90 bits per heavy atom. The van der Waals surface area contributed by atoms with E-state index in [9.17, 15) is 9.59 Å². The second-order valence-corrected chi connectivity index (χ2v) is 7.75. The number of benzene rings is 1. The van der Waals surface area contributed by atoms with Gasteiger partial charge in [-0.15, -0.1) is 10.2 Å². The van der Waals surface area contributed by atoms with E-state index in [-0.39, 0.29) is 30.4 Å². The van der Waals surface area contributed by atoms with E-state index in [0.29, 0.717) is 34.6 Å². The monoisotopic (exact) mass is 443 g/mol. The van der Waals surface area contributed by atoms with Gasteiger partial charge >= 0.3 is 0 Å². The molecule has 0 spiro atoms. The van der Waals surface area contributed by atoms with Crippen molar-refractivity contribution in [2.75, 3.05) is 13.9 Å². The molecule has 1 aliphatic heterocycles. The zero-order valence-electron chi connectivity index (χ0n) is 17.0. The van der Waals surface area contributed by atoms with Gasteiger partial charge in [-0.05, 0) is 17.7 Å². The molecule has 3 aromatic rings. The number of ether oxygens (including phenoxy) is 3. The maximum absolute atomic E-state index is 12.6. The van der Waals surface area contributed by atoms with Crippen molar-refractivity contribution in [2.24, 2.45) is 7.05 Å². The minimum absolute atomic E-state index is 0.0376. The molecule has 0 aliphatic carbocycles. The third-order valence-electron chi connectivity index (χ3n) is 4.66. The Morgan fingerprint density at radius 1 is 1.29 bits per heavy atom. The Morgan fingerprint density at radius 2 is 2.13 bits per heavy atom. The number of aryl methyl sites for hydroxylation is 1. The van der Waals surface area contributed by atoms with Gasteiger partial charge in [-0.2, -0.15) is 0 Å². The second-order valence-electron chi connectivity index (χ2n) is 6.80. The fourth-order valence-electron chi connectivity index (χ4n) is 3.02. The molecule has 0 bridgehead atoms. The molecule has 31 heavy (non-hydrogen) atoms. The molecule has 11 heteroatoms. The van der Waals surface area contributed by atoms with Crippen molar-refractivity contribution in [3.05, 3.63) is 58.3 Å². The highest BCUT2D eigenvalue weighted by molar-refractivity contribution is 7.98. The smallest absolute Gasteiger partial charge is 0.240 e. The molecule has 0 saturated carbocycles. The molecule has 0 fully saturated rings. The summed E-state index contributed by atoms with van der Waals surface area (Å²) in [5, 5.41) is 11.5. The summed E-state index contributed by atoms with van der Waals surface area (Å²) in [6.45, 7) is 0.584. The van der Waals surface area contributed by atoms with Crippen molar-refractivity contribution in [2.45, 2.75) is 24.0 Å². The highest BCUT2D eigenvalue weighted by Crippen LogP contribution is 2.32. The number of pyridine rings is 1. The molecule has 1 aromatic carbocycles. The summed E-state index contributed by atoms with van der Waals surface area (Å²) < 4.78 is 19.3. The maximum Gasteiger partial charge on any atom is 0.240 e. The highest BCUT2D eigenvalue weighted by atomic mass is 32.2. The lowest BCUT2D eigenvalue weighted by molar-refractivity contribution is -0.121. The third kappa shape index (κ3) is 4.82. The van der Waals surface area contributed by atoms with Crippen LogP contribution in [0.3, 0.4) is 0 Å². The van der Waals surface area contributed by atoms with Gasteiger partial charge in [0.25, 0.3) is 0 Å². The van der Waals surface area contributed by atoms with Crippen molar-refractivity contribution >= 4 is 17.7 Å². The van der Waals surface area contributed by atoms with Gasteiger partial charge in [0.1, 0.15) is 12.9 Å². The zero-order chi connectivity index (χ0) is 21.8. The Bertz CT molecular complexity index is 1160. The van der Waals surface area contributed by atoms with Crippen LogP contribution in [0.5, 0.6) is 17.2 Å². The molecule has 0 saturated heterocycles. The predicted molar refractivity (Wildman–Crippen MR) is 112 cm³/mol. The molecule has 10 nitrogen and oxygen atoms in total. The van der Waals surface area contributed by atoms with Gasteiger partial charge in [0.2, 0.25) is 18.1 Å². The Kier molecular flexibility index (Phi) is 6.12. The van der Waals surface area contributed by atoms with Crippen LogP contribution in [0.25, 0.3) is 0 Å². The van der Waals surface area contributed by atoms with Crippen LogP contribution >= 0.6 is 11.8 Å². The summed E-state index contributed by atoms with van der Waals surface area (Å²) in [5.74, 6) is 1.78. The first-order valence-electron chi connectivity index (χ1n) is 9.43. The van der Waals surface area contributed by atoms with Crippen molar-refractivity contribution in [3.63, 3.8) is 0 Å². The summed E-state index contributed by atoms with van der Waals surface area (Å²) in [4.78, 5) is 24.8. The van der Waals surface area contributed by atoms with Gasteiger partial charge < -0.3 is 28.7 Å². The average molecular weight is 443 g/mol. The fourth-order valence-corrected chi connectivity index (χ4v) is 3.90. The number of aromatic nitrogens is 4. The van der Waals surface area contributed by atoms with E-state index in [2.05, 4.69) is 15.5 Å². The van der Waals surface area contributed by atoms with E-state index in [1.54, 1.807) is 21.7 Å². The van der Waals surface area contributed by atoms with E-state index in [4.69, 9.17) is 14.2 Å². The molecule has 1 amide bonds. The number of thioether (sulfide) groups is 1. The molecule has 0 unspecified atom stereocenters. The summed E-state index contributed by atoms with van der Waals surface area (Å²) >= 11 is 1.42. The SMILES string of the molecule is COc1cn(CC(=O)NCc2ccc3c(c2)OCO3)c(CSc2nncn2C)cc1=O. The van der Waals surface area contributed by atoms with Crippen molar-refractivity contribution in [1.29, 1.82) is 0 Å². The van der Waals surface area contributed by atoms with Crippen LogP contribution in [0, 0.1) is 0 Å². The topological polar surface area (TPSA) is 110 Å². The number of rotatable bonds is 8. The second kappa shape index (κ2) is 9.13. The molecule has 3 heterocycles. The number of hydrogen-bond acceptors (Lipinski definition) is 8. The number of hydrogen-bond donors (Lipinski definition) is 1.